The number of ether oxygens (including phenoxy) is 1. The first-order valence-corrected chi connectivity index (χ1v) is 17.5. The zero-order chi connectivity index (χ0) is 18.2. The van der Waals surface area contributed by atoms with Gasteiger partial charge in [0.15, 0.2) is 0 Å². The van der Waals surface area contributed by atoms with E-state index in [9.17, 15) is 20.4 Å². The van der Waals surface area contributed by atoms with E-state index in [1.54, 1.807) is 0 Å². The van der Waals surface area contributed by atoms with Crippen molar-refractivity contribution in [3.05, 3.63) is 0 Å². The first kappa shape index (κ1) is 22.6. The standard InChI is InChI=1S/C6H11O5.3C4H9.Sn/c7-1-4-6(10)5(9)3(8)2-11-4;3*1-3-4-2;/h2-10H,1H2;3*1,3-4H2,2H3;/t3?,4?,5?,6-;;;;/m1..../s1. The molecular weight excluding hydrogens is 415 g/mol. The van der Waals surface area contributed by atoms with Crippen molar-refractivity contribution in [2.45, 2.75) is 101 Å². The summed E-state index contributed by atoms with van der Waals surface area (Å²) in [6, 6.07) is 0. The first-order chi connectivity index (χ1) is 11.5. The van der Waals surface area contributed by atoms with Crippen LogP contribution in [0.2, 0.25) is 13.3 Å². The third kappa shape index (κ3) is 5.55. The van der Waals surface area contributed by atoms with E-state index in [4.69, 9.17) is 4.74 Å². The fourth-order valence-corrected chi connectivity index (χ4v) is 21.6. The van der Waals surface area contributed by atoms with Gasteiger partial charge in [-0.05, 0) is 0 Å². The van der Waals surface area contributed by atoms with E-state index in [2.05, 4.69) is 20.8 Å². The van der Waals surface area contributed by atoms with E-state index < -0.39 is 42.8 Å². The van der Waals surface area contributed by atoms with E-state index in [0.29, 0.717) is 0 Å². The molecule has 1 saturated heterocycles. The summed E-state index contributed by atoms with van der Waals surface area (Å²) in [6.07, 6.45) is 2.53. The molecule has 1 rings (SSSR count). The second-order valence-electron chi connectivity index (χ2n) is 7.42. The van der Waals surface area contributed by atoms with E-state index in [-0.39, 0.29) is 10.7 Å². The fourth-order valence-electron chi connectivity index (χ4n) is 4.00. The van der Waals surface area contributed by atoms with Gasteiger partial charge < -0.3 is 0 Å². The maximum absolute atomic E-state index is 10.7. The van der Waals surface area contributed by atoms with Crippen molar-refractivity contribution >= 4 is 18.4 Å². The summed E-state index contributed by atoms with van der Waals surface area (Å²) < 4.78 is 9.18. The molecule has 0 aromatic rings. The van der Waals surface area contributed by atoms with Crippen molar-refractivity contribution in [1.82, 2.24) is 0 Å². The molecule has 0 saturated carbocycles. The Balaban J connectivity index is 3.11. The number of hydrogen-bond donors (Lipinski definition) is 4. The second kappa shape index (κ2) is 11.3. The molecule has 24 heavy (non-hydrogen) atoms. The molecule has 5 atom stereocenters. The first-order valence-electron chi connectivity index (χ1n) is 9.77. The summed E-state index contributed by atoms with van der Waals surface area (Å²) in [5.74, 6) is 0. The summed E-state index contributed by atoms with van der Waals surface area (Å²) in [6.45, 7) is 6.23. The maximum atomic E-state index is 10.7. The van der Waals surface area contributed by atoms with Gasteiger partial charge in [0.25, 0.3) is 0 Å². The molecule has 0 aliphatic carbocycles. The number of unbranched alkanes of at least 4 members (excludes halogenated alkanes) is 3. The van der Waals surface area contributed by atoms with Gasteiger partial charge in [-0.3, -0.25) is 0 Å². The van der Waals surface area contributed by atoms with Crippen LogP contribution >= 0.6 is 0 Å². The predicted octanol–water partition coefficient (Wildman–Crippen LogP) is 2.22. The molecule has 0 spiro atoms. The molecule has 144 valence electrons. The molecular formula is C18H38O5Sn. The SMILES string of the molecule is CCC[CH2][Sn]([CH2]CCC)([CH2]CCC)[C@@H]1OC(CO)[C@@H](O)C(O)C1O. The molecule has 0 amide bonds. The zero-order valence-corrected chi connectivity index (χ0v) is 18.5. The average Bonchev–Trinajstić information content (AvgIpc) is 2.60. The Hall–Kier alpha value is 0.599. The van der Waals surface area contributed by atoms with Gasteiger partial charge in [-0.15, -0.1) is 0 Å². The summed E-state index contributed by atoms with van der Waals surface area (Å²) in [5, 5.41) is 40.6. The topological polar surface area (TPSA) is 90.2 Å². The number of aliphatic hydroxyl groups excluding tert-OH is 4. The predicted molar refractivity (Wildman–Crippen MR) is 98.7 cm³/mol. The number of aliphatic hydroxyl groups is 4. The van der Waals surface area contributed by atoms with Crippen molar-refractivity contribution in [2.75, 3.05) is 6.61 Å². The van der Waals surface area contributed by atoms with Crippen LogP contribution in [0, 0.1) is 0 Å². The molecule has 4 N–H and O–H groups in total. The van der Waals surface area contributed by atoms with E-state index in [1.807, 2.05) is 0 Å². The molecule has 1 aliphatic heterocycles. The molecule has 6 heteroatoms. The molecule has 1 heterocycles. The summed E-state index contributed by atoms with van der Waals surface area (Å²) in [5.41, 5.74) is 0. The van der Waals surface area contributed by atoms with Gasteiger partial charge in [-0.25, -0.2) is 0 Å². The van der Waals surface area contributed by atoms with Crippen molar-refractivity contribution in [2.24, 2.45) is 0 Å². The van der Waals surface area contributed by atoms with Gasteiger partial charge in [-0.1, -0.05) is 0 Å². The molecule has 0 bridgehead atoms. The van der Waals surface area contributed by atoms with Gasteiger partial charge in [0, 0.05) is 0 Å². The van der Waals surface area contributed by atoms with Crippen molar-refractivity contribution < 1.29 is 25.2 Å². The number of rotatable bonds is 11. The van der Waals surface area contributed by atoms with Crippen LogP contribution in [0.4, 0.5) is 0 Å². The molecule has 0 aromatic heterocycles. The van der Waals surface area contributed by atoms with Gasteiger partial charge in [0.05, 0.1) is 0 Å². The summed E-state index contributed by atoms with van der Waals surface area (Å²) >= 11 is -2.92. The van der Waals surface area contributed by atoms with Crippen molar-refractivity contribution in [3.63, 3.8) is 0 Å². The van der Waals surface area contributed by atoms with Crippen LogP contribution in [0.25, 0.3) is 0 Å². The van der Waals surface area contributed by atoms with Gasteiger partial charge in [0.1, 0.15) is 0 Å². The van der Waals surface area contributed by atoms with Crippen LogP contribution < -0.4 is 0 Å². The average molecular weight is 453 g/mol. The van der Waals surface area contributed by atoms with Gasteiger partial charge in [-0.2, -0.15) is 0 Å². The third-order valence-corrected chi connectivity index (χ3v) is 21.9. The van der Waals surface area contributed by atoms with Crippen molar-refractivity contribution in [3.8, 4) is 0 Å². The van der Waals surface area contributed by atoms with Crippen molar-refractivity contribution in [1.29, 1.82) is 0 Å². The minimum atomic E-state index is -2.92. The molecule has 1 fully saturated rings. The van der Waals surface area contributed by atoms with Crippen LogP contribution in [0.3, 0.4) is 0 Å². The Morgan fingerprint density at radius 3 is 1.58 bits per heavy atom. The molecule has 0 aromatic carbocycles. The normalized spacial score (nSPS) is 31.4. The van der Waals surface area contributed by atoms with Gasteiger partial charge >= 0.3 is 151 Å². The molecule has 3 unspecified atom stereocenters. The Bertz CT molecular complexity index is 318. The van der Waals surface area contributed by atoms with Crippen LogP contribution in [-0.2, 0) is 4.74 Å². The minimum absolute atomic E-state index is 0.321. The van der Waals surface area contributed by atoms with E-state index in [1.165, 1.54) is 0 Å². The van der Waals surface area contributed by atoms with Gasteiger partial charge in [0.2, 0.25) is 0 Å². The fraction of sp³-hybridized carbons (Fsp3) is 1.00. The van der Waals surface area contributed by atoms with Crippen LogP contribution in [0.15, 0.2) is 0 Å². The summed E-state index contributed by atoms with van der Waals surface area (Å²) in [7, 11) is 0. The Morgan fingerprint density at radius 1 is 0.750 bits per heavy atom. The van der Waals surface area contributed by atoms with Crippen LogP contribution in [0.5, 0.6) is 0 Å². The van der Waals surface area contributed by atoms with Crippen LogP contribution in [-0.4, -0.2) is 73.9 Å². The Kier molecular flexibility index (Phi) is 10.7. The third-order valence-electron chi connectivity index (χ3n) is 5.58. The quantitative estimate of drug-likeness (QED) is 0.361. The Morgan fingerprint density at radius 2 is 1.21 bits per heavy atom. The van der Waals surface area contributed by atoms with E-state index in [0.717, 1.165) is 51.8 Å². The van der Waals surface area contributed by atoms with Crippen LogP contribution in [0.1, 0.15) is 59.3 Å². The molecule has 1 aliphatic rings. The van der Waals surface area contributed by atoms with E-state index >= 15 is 0 Å². The number of hydrogen-bond acceptors (Lipinski definition) is 5. The molecule has 5 nitrogen and oxygen atoms in total. The monoisotopic (exact) mass is 454 g/mol. The summed E-state index contributed by atoms with van der Waals surface area (Å²) in [4.78, 5) is 0. The zero-order valence-electron chi connectivity index (χ0n) is 15.7. The Labute approximate surface area is 151 Å². The second-order valence-corrected chi connectivity index (χ2v) is 21.1. The molecule has 0 radical (unpaired) electrons.